The van der Waals surface area contributed by atoms with Crippen LogP contribution >= 0.6 is 15.9 Å². The molecule has 1 heterocycles. The highest BCUT2D eigenvalue weighted by molar-refractivity contribution is 9.10. The van der Waals surface area contributed by atoms with E-state index in [-0.39, 0.29) is 25.4 Å². The largest absolute Gasteiger partial charge is 0.412 e. The molecule has 6 heteroatoms. The van der Waals surface area contributed by atoms with E-state index >= 15 is 0 Å². The van der Waals surface area contributed by atoms with Crippen LogP contribution in [0.3, 0.4) is 0 Å². The second-order valence-electron chi connectivity index (χ2n) is 4.21. The number of alkyl halides is 3. The highest BCUT2D eigenvalue weighted by Crippen LogP contribution is 2.30. The third-order valence-corrected chi connectivity index (χ3v) is 3.66. The van der Waals surface area contributed by atoms with Crippen molar-refractivity contribution >= 4 is 21.8 Å². The topological polar surface area (TPSA) is 20.3 Å². The van der Waals surface area contributed by atoms with Crippen LogP contribution in [0, 0.1) is 0 Å². The van der Waals surface area contributed by atoms with E-state index in [1.54, 1.807) is 24.3 Å². The number of halogens is 4. The third kappa shape index (κ3) is 3.18. The fourth-order valence-electron chi connectivity index (χ4n) is 1.92. The minimum absolute atomic E-state index is 0.00495. The summed E-state index contributed by atoms with van der Waals surface area (Å²) in [4.78, 5) is 13.6. The summed E-state index contributed by atoms with van der Waals surface area (Å²) in [5, 5.41) is 0. The number of nitrogens with zero attached hydrogens (tertiary/aromatic N) is 1. The highest BCUT2D eigenvalue weighted by atomic mass is 79.9. The number of carbonyl (C=O) groups is 1. The Hall–Kier alpha value is -1.30. The van der Waals surface area contributed by atoms with Crippen LogP contribution in [0.2, 0.25) is 0 Å². The molecule has 0 saturated carbocycles. The number of hydrogen-bond donors (Lipinski definition) is 0. The maximum absolute atomic E-state index is 12.5. The molecule has 0 spiro atoms. The highest BCUT2D eigenvalue weighted by Gasteiger charge is 2.35. The van der Waals surface area contributed by atoms with Gasteiger partial charge >= 0.3 is 6.18 Å². The van der Waals surface area contributed by atoms with E-state index in [9.17, 15) is 18.0 Å². The predicted octanol–water partition coefficient (Wildman–Crippen LogP) is 3.78. The predicted molar refractivity (Wildman–Crippen MR) is 68.8 cm³/mol. The lowest BCUT2D eigenvalue weighted by Gasteiger charge is -2.27. The molecule has 1 aliphatic rings. The molecule has 0 saturated heterocycles. The molecule has 1 amide bonds. The van der Waals surface area contributed by atoms with E-state index in [2.05, 4.69) is 15.9 Å². The van der Waals surface area contributed by atoms with Crippen molar-refractivity contribution in [3.8, 4) is 0 Å². The van der Waals surface area contributed by atoms with Crippen LogP contribution < -0.4 is 0 Å². The van der Waals surface area contributed by atoms with Gasteiger partial charge in [0.05, 0.1) is 5.56 Å². The zero-order valence-electron chi connectivity index (χ0n) is 9.88. The normalized spacial score (nSPS) is 16.2. The van der Waals surface area contributed by atoms with Crippen molar-refractivity contribution in [2.24, 2.45) is 0 Å². The van der Waals surface area contributed by atoms with Gasteiger partial charge in [0, 0.05) is 23.1 Å². The van der Waals surface area contributed by atoms with Gasteiger partial charge in [-0.05, 0) is 34.5 Å². The molecule has 2 nitrogen and oxygen atoms in total. The molecule has 0 radical (unpaired) electrons. The number of carbonyl (C=O) groups excluding carboxylic acids is 1. The molecule has 1 aromatic carbocycles. The van der Waals surface area contributed by atoms with Gasteiger partial charge in [0.1, 0.15) is 0 Å². The molecule has 0 N–H and O–H groups in total. The van der Waals surface area contributed by atoms with Crippen LogP contribution in [0.25, 0.3) is 0 Å². The van der Waals surface area contributed by atoms with E-state index in [0.29, 0.717) is 10.0 Å². The molecule has 0 fully saturated rings. The average molecular weight is 334 g/mol. The number of rotatable bonds is 1. The first-order chi connectivity index (χ1) is 8.89. The van der Waals surface area contributed by atoms with Gasteiger partial charge in [-0.15, -0.1) is 0 Å². The maximum atomic E-state index is 12.5. The summed E-state index contributed by atoms with van der Waals surface area (Å²) in [6, 6.07) is 6.88. The van der Waals surface area contributed by atoms with Crippen molar-refractivity contribution in [3.05, 3.63) is 46.0 Å². The van der Waals surface area contributed by atoms with Gasteiger partial charge in [0.15, 0.2) is 0 Å². The van der Waals surface area contributed by atoms with E-state index in [1.165, 1.54) is 4.90 Å². The molecular weight excluding hydrogens is 323 g/mol. The summed E-state index contributed by atoms with van der Waals surface area (Å²) >= 11 is 3.26. The second kappa shape index (κ2) is 5.36. The number of hydrogen-bond acceptors (Lipinski definition) is 1. The standard InChI is InChI=1S/C13H11BrF3NO/c14-11-4-2-1-3-10(11)12(19)18-7-5-9(6-8-18)13(15,16)17/h1-5H,6-8H2. The molecule has 0 unspecified atom stereocenters. The van der Waals surface area contributed by atoms with Crippen LogP contribution in [0.4, 0.5) is 13.2 Å². The molecule has 0 bridgehead atoms. The summed E-state index contributed by atoms with van der Waals surface area (Å²) in [6.45, 7) is 0.0839. The van der Waals surface area contributed by atoms with E-state index in [4.69, 9.17) is 0 Å². The van der Waals surface area contributed by atoms with Crippen LogP contribution in [0.5, 0.6) is 0 Å². The van der Waals surface area contributed by atoms with Gasteiger partial charge in [-0.3, -0.25) is 4.79 Å². The quantitative estimate of drug-likeness (QED) is 0.716. The van der Waals surface area contributed by atoms with Crippen molar-refractivity contribution in [2.75, 3.05) is 13.1 Å². The Labute approximate surface area is 117 Å². The molecule has 2 rings (SSSR count). The minimum Gasteiger partial charge on any atom is -0.335 e. The van der Waals surface area contributed by atoms with Gasteiger partial charge in [-0.1, -0.05) is 18.2 Å². The molecule has 0 aromatic heterocycles. The van der Waals surface area contributed by atoms with Crippen LogP contribution in [0.15, 0.2) is 40.4 Å². The molecule has 0 aliphatic carbocycles. The fourth-order valence-corrected chi connectivity index (χ4v) is 2.37. The second-order valence-corrected chi connectivity index (χ2v) is 5.06. The Morgan fingerprint density at radius 1 is 1.26 bits per heavy atom. The molecule has 1 aliphatic heterocycles. The summed E-state index contributed by atoms with van der Waals surface area (Å²) in [7, 11) is 0. The Morgan fingerprint density at radius 2 is 1.95 bits per heavy atom. The first kappa shape index (κ1) is 14.1. The first-order valence-corrected chi connectivity index (χ1v) is 6.49. The lowest BCUT2D eigenvalue weighted by Crippen LogP contribution is -2.36. The molecular formula is C13H11BrF3NO. The number of benzene rings is 1. The summed E-state index contributed by atoms with van der Waals surface area (Å²) in [5.41, 5.74) is -0.0879. The zero-order valence-corrected chi connectivity index (χ0v) is 11.5. The first-order valence-electron chi connectivity index (χ1n) is 5.69. The minimum atomic E-state index is -4.29. The van der Waals surface area contributed by atoms with Gasteiger partial charge < -0.3 is 4.90 Å². The van der Waals surface area contributed by atoms with Crippen molar-refractivity contribution in [2.45, 2.75) is 12.6 Å². The lowest BCUT2D eigenvalue weighted by molar-refractivity contribution is -0.0957. The van der Waals surface area contributed by atoms with Crippen molar-refractivity contribution < 1.29 is 18.0 Å². The van der Waals surface area contributed by atoms with Gasteiger partial charge in [-0.2, -0.15) is 13.2 Å². The molecule has 1 aromatic rings. The van der Waals surface area contributed by atoms with Crippen LogP contribution in [-0.4, -0.2) is 30.1 Å². The SMILES string of the molecule is O=C(c1ccccc1Br)N1CC=C(C(F)(F)F)CC1. The maximum Gasteiger partial charge on any atom is 0.412 e. The van der Waals surface area contributed by atoms with E-state index in [1.807, 2.05) is 0 Å². The smallest absolute Gasteiger partial charge is 0.335 e. The van der Waals surface area contributed by atoms with Crippen LogP contribution in [-0.2, 0) is 0 Å². The average Bonchev–Trinajstić information content (AvgIpc) is 2.38. The Kier molecular flexibility index (Phi) is 3.99. The summed E-state index contributed by atoms with van der Waals surface area (Å²) < 4.78 is 38.1. The van der Waals surface area contributed by atoms with Crippen molar-refractivity contribution in [1.82, 2.24) is 4.90 Å². The number of amides is 1. The van der Waals surface area contributed by atoms with Crippen molar-refractivity contribution in [3.63, 3.8) is 0 Å². The van der Waals surface area contributed by atoms with E-state index < -0.39 is 11.7 Å². The molecule has 19 heavy (non-hydrogen) atoms. The van der Waals surface area contributed by atoms with Gasteiger partial charge in [-0.25, -0.2) is 0 Å². The van der Waals surface area contributed by atoms with Gasteiger partial charge in [0.2, 0.25) is 0 Å². The van der Waals surface area contributed by atoms with Crippen LogP contribution in [0.1, 0.15) is 16.8 Å². The summed E-state index contributed by atoms with van der Waals surface area (Å²) in [5.74, 6) is -0.259. The zero-order chi connectivity index (χ0) is 14.0. The van der Waals surface area contributed by atoms with E-state index in [0.717, 1.165) is 6.08 Å². The molecule has 102 valence electrons. The lowest BCUT2D eigenvalue weighted by atomic mass is 10.1. The van der Waals surface area contributed by atoms with Gasteiger partial charge in [0.25, 0.3) is 5.91 Å². The monoisotopic (exact) mass is 333 g/mol. The summed E-state index contributed by atoms with van der Waals surface area (Å²) in [6.07, 6.45) is -3.36. The third-order valence-electron chi connectivity index (χ3n) is 2.96. The Morgan fingerprint density at radius 3 is 2.47 bits per heavy atom. The Balaban J connectivity index is 2.13. The molecule has 0 atom stereocenters. The Bertz CT molecular complexity index is 525. The van der Waals surface area contributed by atoms with Crippen molar-refractivity contribution in [1.29, 1.82) is 0 Å². The fraction of sp³-hybridized carbons (Fsp3) is 0.308.